The normalized spacial score (nSPS) is 70.2. The van der Waals surface area contributed by atoms with Gasteiger partial charge in [-0.3, -0.25) is 10.1 Å². The maximum atomic E-state index is 13.3. The van der Waals surface area contributed by atoms with Crippen LogP contribution in [0.15, 0.2) is 24.3 Å². The molecule has 4 fully saturated rings. The lowest BCUT2D eigenvalue weighted by atomic mass is 9.56. The van der Waals surface area contributed by atoms with E-state index in [-0.39, 0.29) is 11.1 Å². The van der Waals surface area contributed by atoms with E-state index in [1.54, 1.807) is 0 Å². The first kappa shape index (κ1) is 10.8. The maximum Gasteiger partial charge on any atom is 0.174 e. The van der Waals surface area contributed by atoms with Gasteiger partial charge in [0.25, 0.3) is 0 Å². The smallest absolute Gasteiger partial charge is 0.174 e. The van der Waals surface area contributed by atoms with Gasteiger partial charge in [0.15, 0.2) is 5.78 Å². The molecule has 8 unspecified atom stereocenters. The van der Waals surface area contributed by atoms with E-state index in [1.165, 1.54) is 6.42 Å². The molecule has 3 saturated carbocycles. The van der Waals surface area contributed by atoms with Crippen molar-refractivity contribution in [3.8, 4) is 0 Å². The molecular weight excluding hydrogens is 246 g/mol. The van der Waals surface area contributed by atoms with Gasteiger partial charge in [0.05, 0.1) is 11.1 Å². The molecule has 20 heavy (non-hydrogen) atoms. The molecule has 0 aromatic carbocycles. The third-order valence-electron chi connectivity index (χ3n) is 8.15. The number of allylic oxidation sites excluding steroid dienone is 2. The van der Waals surface area contributed by atoms with Gasteiger partial charge < -0.3 is 0 Å². The highest BCUT2D eigenvalue weighted by Gasteiger charge is 2.85. The molecule has 104 valence electrons. The number of carbonyl (C=O) groups excluding carboxylic acids is 1. The molecule has 0 aromatic heterocycles. The first-order chi connectivity index (χ1) is 9.54. The summed E-state index contributed by atoms with van der Waals surface area (Å²) in [6.45, 7) is 4.72. The van der Waals surface area contributed by atoms with E-state index in [2.05, 4.69) is 43.5 Å². The van der Waals surface area contributed by atoms with E-state index >= 15 is 0 Å². The van der Waals surface area contributed by atoms with Gasteiger partial charge in [-0.2, -0.15) is 0 Å². The molecule has 0 aromatic rings. The summed E-state index contributed by atoms with van der Waals surface area (Å²) in [6.07, 6.45) is 11.7. The fourth-order valence-electron chi connectivity index (χ4n) is 7.34. The van der Waals surface area contributed by atoms with Crippen LogP contribution in [0.1, 0.15) is 26.7 Å². The number of Topliss-reactive ketones (excluding diaryl/α,β-unsaturated/α-hetero) is 1. The Hall–Kier alpha value is -0.890. The minimum Gasteiger partial charge on any atom is -0.295 e. The zero-order valence-electron chi connectivity index (χ0n) is 12.1. The predicted molar refractivity (Wildman–Crippen MR) is 75.8 cm³/mol. The van der Waals surface area contributed by atoms with Gasteiger partial charge in [-0.25, -0.2) is 0 Å². The quantitative estimate of drug-likeness (QED) is 0.682. The molecule has 1 N–H and O–H groups in total. The molecular formula is C18H21NO. The van der Waals surface area contributed by atoms with Crippen LogP contribution in [0.2, 0.25) is 0 Å². The van der Waals surface area contributed by atoms with Crippen LogP contribution in [-0.2, 0) is 4.79 Å². The summed E-state index contributed by atoms with van der Waals surface area (Å²) < 4.78 is 0. The molecule has 1 heterocycles. The number of hydrogen-bond donors (Lipinski definition) is 1. The van der Waals surface area contributed by atoms with Crippen molar-refractivity contribution in [3.05, 3.63) is 24.3 Å². The molecule has 0 radical (unpaired) electrons. The van der Waals surface area contributed by atoms with Crippen LogP contribution in [0.5, 0.6) is 0 Å². The molecule has 6 rings (SSSR count). The van der Waals surface area contributed by atoms with Crippen molar-refractivity contribution < 1.29 is 4.79 Å². The van der Waals surface area contributed by atoms with Crippen molar-refractivity contribution >= 4 is 5.78 Å². The van der Waals surface area contributed by atoms with E-state index in [0.29, 0.717) is 34.9 Å². The Labute approximate surface area is 119 Å². The standard InChI is InChI=1S/C18H21NO/c1-9-13-14-12(5-6-16(13,14)2)18(9)15(20)17(19-18)8-10-3-4-11(17)7-10/h3-6,9-14,19H,7-8H2,1-2H3/t9-,10?,11?,12?,13?,14?,16?,17?,18?/m0/s1. The van der Waals surface area contributed by atoms with Crippen LogP contribution in [0.4, 0.5) is 0 Å². The summed E-state index contributed by atoms with van der Waals surface area (Å²) in [6, 6.07) is 0. The molecule has 5 aliphatic carbocycles. The number of fused-ring (bicyclic) bond motifs is 5. The number of carbonyl (C=O) groups is 1. The van der Waals surface area contributed by atoms with E-state index < -0.39 is 0 Å². The second-order valence-electron chi connectivity index (χ2n) is 8.58. The summed E-state index contributed by atoms with van der Waals surface area (Å²) >= 11 is 0. The summed E-state index contributed by atoms with van der Waals surface area (Å²) in [7, 11) is 0. The molecule has 0 amide bonds. The highest BCUT2D eigenvalue weighted by Crippen LogP contribution is 2.80. The predicted octanol–water partition coefficient (Wildman–Crippen LogP) is 2.32. The number of hydrogen-bond acceptors (Lipinski definition) is 2. The Morgan fingerprint density at radius 3 is 2.70 bits per heavy atom. The average Bonchev–Trinajstić information content (AvgIpc) is 2.92. The van der Waals surface area contributed by atoms with Crippen molar-refractivity contribution in [1.82, 2.24) is 5.32 Å². The number of ketones is 1. The fraction of sp³-hybridized carbons (Fsp3) is 0.722. The maximum absolute atomic E-state index is 13.3. The van der Waals surface area contributed by atoms with E-state index in [9.17, 15) is 4.79 Å². The van der Waals surface area contributed by atoms with Gasteiger partial charge >= 0.3 is 0 Å². The Morgan fingerprint density at radius 1 is 1.25 bits per heavy atom. The summed E-state index contributed by atoms with van der Waals surface area (Å²) in [5, 5.41) is 3.92. The SMILES string of the molecule is C[C@H]1C2C3C(C=CC32C)C12NC1(CC3C=CC1C3)C2=O. The molecule has 2 heteroatoms. The molecule has 2 nitrogen and oxygen atoms in total. The monoisotopic (exact) mass is 267 g/mol. The van der Waals surface area contributed by atoms with Crippen LogP contribution in [0.25, 0.3) is 0 Å². The lowest BCUT2D eigenvalue weighted by Crippen LogP contribution is -2.85. The van der Waals surface area contributed by atoms with Gasteiger partial charge in [-0.05, 0) is 41.9 Å². The Morgan fingerprint density at radius 2 is 2.10 bits per heavy atom. The highest BCUT2D eigenvalue weighted by molar-refractivity contribution is 6.05. The van der Waals surface area contributed by atoms with Crippen molar-refractivity contribution in [1.29, 1.82) is 0 Å². The topological polar surface area (TPSA) is 29.1 Å². The van der Waals surface area contributed by atoms with Crippen molar-refractivity contribution in [2.75, 3.05) is 0 Å². The molecule has 2 spiro atoms. The molecule has 6 aliphatic rings. The lowest BCUT2D eigenvalue weighted by Gasteiger charge is -2.60. The largest absolute Gasteiger partial charge is 0.295 e. The fourth-order valence-corrected chi connectivity index (χ4v) is 7.34. The molecule has 1 aliphatic heterocycles. The van der Waals surface area contributed by atoms with Crippen molar-refractivity contribution in [2.45, 2.75) is 37.8 Å². The summed E-state index contributed by atoms with van der Waals surface area (Å²) in [5.41, 5.74) is 0.0616. The van der Waals surface area contributed by atoms with Crippen LogP contribution in [0, 0.1) is 40.9 Å². The number of nitrogens with one attached hydrogen (secondary N) is 1. The van der Waals surface area contributed by atoms with Crippen LogP contribution in [-0.4, -0.2) is 16.9 Å². The lowest BCUT2D eigenvalue weighted by molar-refractivity contribution is -0.155. The number of rotatable bonds is 0. The minimum atomic E-state index is -0.194. The zero-order chi connectivity index (χ0) is 13.5. The van der Waals surface area contributed by atoms with Crippen molar-refractivity contribution in [3.63, 3.8) is 0 Å². The van der Waals surface area contributed by atoms with Crippen molar-refractivity contribution in [2.24, 2.45) is 40.9 Å². The van der Waals surface area contributed by atoms with Gasteiger partial charge in [0.1, 0.15) is 0 Å². The minimum absolute atomic E-state index is 0.169. The van der Waals surface area contributed by atoms with Crippen LogP contribution < -0.4 is 5.32 Å². The van der Waals surface area contributed by atoms with E-state index in [1.807, 2.05) is 0 Å². The third-order valence-corrected chi connectivity index (χ3v) is 8.15. The first-order valence-electron chi connectivity index (χ1n) is 8.26. The summed E-state index contributed by atoms with van der Waals surface area (Å²) in [5.74, 6) is 4.20. The van der Waals surface area contributed by atoms with Gasteiger partial charge in [0, 0.05) is 11.8 Å². The van der Waals surface area contributed by atoms with Gasteiger partial charge in [-0.1, -0.05) is 38.2 Å². The molecule has 9 atom stereocenters. The van der Waals surface area contributed by atoms with E-state index in [4.69, 9.17) is 0 Å². The van der Waals surface area contributed by atoms with Crippen LogP contribution >= 0.6 is 0 Å². The molecule has 1 saturated heterocycles. The first-order valence-corrected chi connectivity index (χ1v) is 8.26. The Kier molecular flexibility index (Phi) is 1.40. The highest BCUT2D eigenvalue weighted by atomic mass is 16.1. The van der Waals surface area contributed by atoms with Gasteiger partial charge in [0.2, 0.25) is 0 Å². The second kappa shape index (κ2) is 2.61. The average molecular weight is 267 g/mol. The molecule has 2 bridgehead atoms. The van der Waals surface area contributed by atoms with Crippen LogP contribution in [0.3, 0.4) is 0 Å². The Bertz CT molecular complexity index is 635. The third kappa shape index (κ3) is 0.747. The summed E-state index contributed by atoms with van der Waals surface area (Å²) in [4.78, 5) is 13.3. The van der Waals surface area contributed by atoms with Gasteiger partial charge in [-0.15, -0.1) is 0 Å². The zero-order valence-corrected chi connectivity index (χ0v) is 12.1. The second-order valence-corrected chi connectivity index (χ2v) is 8.58. The van der Waals surface area contributed by atoms with E-state index in [0.717, 1.165) is 18.3 Å². The Balaban J connectivity index is 1.43.